The van der Waals surface area contributed by atoms with Crippen LogP contribution in [-0.4, -0.2) is 47.8 Å². The normalized spacial score (nSPS) is 15.9. The Morgan fingerprint density at radius 2 is 2.06 bits per heavy atom. The Morgan fingerprint density at radius 1 is 1.23 bits per heavy atom. The van der Waals surface area contributed by atoms with Crippen molar-refractivity contribution < 1.29 is 9.50 Å². The van der Waals surface area contributed by atoms with Crippen molar-refractivity contribution in [1.29, 1.82) is 0 Å². The quantitative estimate of drug-likeness (QED) is 0.454. The molecule has 0 amide bonds. The predicted octanol–water partition coefficient (Wildman–Crippen LogP) is 2.93. The van der Waals surface area contributed by atoms with Crippen LogP contribution in [0.5, 0.6) is 5.75 Å². The summed E-state index contributed by atoms with van der Waals surface area (Å²) in [6.07, 6.45) is 5.71. The first-order valence-electron chi connectivity index (χ1n) is 10.3. The molecule has 4 aromatic rings. The summed E-state index contributed by atoms with van der Waals surface area (Å²) in [6, 6.07) is 7.51. The molecule has 10 heteroatoms. The molecule has 1 aromatic carbocycles. The molecule has 0 bridgehead atoms. The van der Waals surface area contributed by atoms with Crippen molar-refractivity contribution in [3.05, 3.63) is 54.1 Å². The van der Waals surface area contributed by atoms with Crippen molar-refractivity contribution in [1.82, 2.24) is 34.9 Å². The van der Waals surface area contributed by atoms with Gasteiger partial charge in [0.1, 0.15) is 28.8 Å². The fourth-order valence-corrected chi connectivity index (χ4v) is 3.94. The molecule has 31 heavy (non-hydrogen) atoms. The van der Waals surface area contributed by atoms with Gasteiger partial charge in [-0.3, -0.25) is 0 Å². The highest BCUT2D eigenvalue weighted by Gasteiger charge is 2.19. The number of benzene rings is 1. The monoisotopic (exact) mass is 422 g/mol. The second kappa shape index (κ2) is 7.95. The van der Waals surface area contributed by atoms with E-state index in [0.717, 1.165) is 31.6 Å². The number of phenols is 1. The zero-order chi connectivity index (χ0) is 21.4. The van der Waals surface area contributed by atoms with Crippen LogP contribution in [0.1, 0.15) is 37.4 Å². The fraction of sp³-hybridized carbons (Fsp3) is 0.333. The van der Waals surface area contributed by atoms with E-state index in [1.165, 1.54) is 18.2 Å². The molecule has 0 aliphatic carbocycles. The summed E-state index contributed by atoms with van der Waals surface area (Å²) in [5.74, 6) is 0.188. The Bertz CT molecular complexity index is 1210. The molecule has 5 rings (SSSR count). The van der Waals surface area contributed by atoms with Gasteiger partial charge in [0, 0.05) is 5.56 Å². The largest absolute Gasteiger partial charge is 0.508 e. The zero-order valence-corrected chi connectivity index (χ0v) is 17.0. The average molecular weight is 422 g/mol. The molecule has 1 aliphatic rings. The number of hydrogen-bond donors (Lipinski definition) is 3. The first-order chi connectivity index (χ1) is 15.1. The van der Waals surface area contributed by atoms with Gasteiger partial charge in [-0.15, -0.1) is 10.2 Å². The van der Waals surface area contributed by atoms with Crippen LogP contribution in [0.3, 0.4) is 0 Å². The number of fused-ring (bicyclic) bond motifs is 1. The predicted molar refractivity (Wildman–Crippen MR) is 113 cm³/mol. The lowest BCUT2D eigenvalue weighted by Crippen LogP contribution is -2.29. The maximum atomic E-state index is 13.6. The number of piperidine rings is 1. The number of aromatic hydroxyl groups is 1. The minimum Gasteiger partial charge on any atom is -0.508 e. The molecule has 1 saturated heterocycles. The number of halogens is 1. The van der Waals surface area contributed by atoms with Crippen molar-refractivity contribution in [2.75, 3.05) is 18.4 Å². The van der Waals surface area contributed by atoms with Gasteiger partial charge in [0.15, 0.2) is 5.65 Å². The van der Waals surface area contributed by atoms with Crippen LogP contribution in [0, 0.1) is 5.82 Å². The molecule has 1 fully saturated rings. The van der Waals surface area contributed by atoms with Crippen molar-refractivity contribution in [3.63, 3.8) is 0 Å². The second-order valence-corrected chi connectivity index (χ2v) is 7.77. The Balaban J connectivity index is 1.42. The molecule has 0 unspecified atom stereocenters. The van der Waals surface area contributed by atoms with Crippen LogP contribution in [0.4, 0.5) is 10.2 Å². The molecule has 0 spiro atoms. The number of hydrogen-bond acceptors (Lipinski definition) is 7. The van der Waals surface area contributed by atoms with Gasteiger partial charge < -0.3 is 15.7 Å². The van der Waals surface area contributed by atoms with Crippen LogP contribution in [0.25, 0.3) is 17.0 Å². The van der Waals surface area contributed by atoms with Gasteiger partial charge in [-0.05, 0) is 63.2 Å². The maximum absolute atomic E-state index is 13.6. The van der Waals surface area contributed by atoms with Crippen molar-refractivity contribution >= 4 is 11.5 Å². The number of phenolic OH excluding ortho intramolecular Hbond substituents is 1. The Hall–Kier alpha value is -3.53. The van der Waals surface area contributed by atoms with E-state index in [1.807, 2.05) is 23.9 Å². The van der Waals surface area contributed by atoms with E-state index in [1.54, 1.807) is 16.8 Å². The molecule has 0 radical (unpaired) electrons. The van der Waals surface area contributed by atoms with E-state index in [2.05, 4.69) is 31.0 Å². The molecule has 9 nitrogen and oxygen atoms in total. The molecule has 3 N–H and O–H groups in total. The molecule has 4 heterocycles. The van der Waals surface area contributed by atoms with Gasteiger partial charge in [-0.25, -0.2) is 18.6 Å². The van der Waals surface area contributed by atoms with Crippen LogP contribution in [0.2, 0.25) is 0 Å². The van der Waals surface area contributed by atoms with E-state index < -0.39 is 5.82 Å². The summed E-state index contributed by atoms with van der Waals surface area (Å²) in [7, 11) is 0. The molecule has 1 atom stereocenters. The highest BCUT2D eigenvalue weighted by molar-refractivity contribution is 5.59. The molecular weight excluding hydrogens is 399 g/mol. The summed E-state index contributed by atoms with van der Waals surface area (Å²) >= 11 is 0. The standard InChI is InChI=1S/C21H23FN8O/c1-13(16-10-14(22)2-3-19(16)31)25-20-4-5-21-24-11-18(30(21)27-20)17-12-29(28-26-17)15-6-8-23-9-7-15/h2-5,10-13,15,23,31H,6-9H2,1H3,(H,25,27)/t13-/m1/s1. The van der Waals surface area contributed by atoms with Gasteiger partial charge in [0.2, 0.25) is 0 Å². The van der Waals surface area contributed by atoms with Gasteiger partial charge in [0.05, 0.1) is 24.5 Å². The summed E-state index contributed by atoms with van der Waals surface area (Å²) in [6.45, 7) is 3.79. The summed E-state index contributed by atoms with van der Waals surface area (Å²) in [5, 5.41) is 29.9. The number of nitrogens with zero attached hydrogens (tertiary/aromatic N) is 6. The minimum absolute atomic E-state index is 0.0281. The number of nitrogens with one attached hydrogen (secondary N) is 2. The summed E-state index contributed by atoms with van der Waals surface area (Å²) in [5.41, 5.74) is 2.57. The summed E-state index contributed by atoms with van der Waals surface area (Å²) < 4.78 is 17.2. The topological polar surface area (TPSA) is 105 Å². The Morgan fingerprint density at radius 3 is 2.90 bits per heavy atom. The SMILES string of the molecule is C[C@@H](Nc1ccc2ncc(-c3cn(C4CCNCC4)nn3)n2n1)c1cc(F)ccc1O. The van der Waals surface area contributed by atoms with Crippen molar-refractivity contribution in [2.24, 2.45) is 0 Å². The van der Waals surface area contributed by atoms with Crippen LogP contribution in [0.15, 0.2) is 42.7 Å². The van der Waals surface area contributed by atoms with E-state index in [-0.39, 0.29) is 11.8 Å². The van der Waals surface area contributed by atoms with E-state index >= 15 is 0 Å². The maximum Gasteiger partial charge on any atom is 0.154 e. The van der Waals surface area contributed by atoms with Crippen molar-refractivity contribution in [2.45, 2.75) is 31.8 Å². The van der Waals surface area contributed by atoms with Crippen molar-refractivity contribution in [3.8, 4) is 17.1 Å². The average Bonchev–Trinajstić information content (AvgIpc) is 3.43. The lowest BCUT2D eigenvalue weighted by Gasteiger charge is -2.22. The van der Waals surface area contributed by atoms with Gasteiger partial charge in [0.25, 0.3) is 0 Å². The molecular formula is C21H23FN8O. The fourth-order valence-electron chi connectivity index (χ4n) is 3.94. The van der Waals surface area contributed by atoms with Crippen LogP contribution >= 0.6 is 0 Å². The second-order valence-electron chi connectivity index (χ2n) is 7.77. The Labute approximate surface area is 177 Å². The van der Waals surface area contributed by atoms with E-state index in [0.29, 0.717) is 28.8 Å². The van der Waals surface area contributed by atoms with Crippen LogP contribution < -0.4 is 10.6 Å². The van der Waals surface area contributed by atoms with Gasteiger partial charge >= 0.3 is 0 Å². The number of anilines is 1. The first kappa shape index (κ1) is 19.4. The van der Waals surface area contributed by atoms with Gasteiger partial charge in [-0.2, -0.15) is 0 Å². The number of imidazole rings is 1. The molecule has 160 valence electrons. The lowest BCUT2D eigenvalue weighted by molar-refractivity contribution is 0.337. The van der Waals surface area contributed by atoms with Crippen LogP contribution in [-0.2, 0) is 0 Å². The summed E-state index contributed by atoms with van der Waals surface area (Å²) in [4.78, 5) is 4.42. The molecule has 3 aromatic heterocycles. The highest BCUT2D eigenvalue weighted by atomic mass is 19.1. The van der Waals surface area contributed by atoms with Gasteiger partial charge in [-0.1, -0.05) is 5.21 Å². The Kier molecular flexibility index (Phi) is 4.99. The zero-order valence-electron chi connectivity index (χ0n) is 17.0. The lowest BCUT2D eigenvalue weighted by atomic mass is 10.1. The smallest absolute Gasteiger partial charge is 0.154 e. The highest BCUT2D eigenvalue weighted by Crippen LogP contribution is 2.28. The minimum atomic E-state index is -0.404. The molecule has 0 saturated carbocycles. The number of aromatic nitrogens is 6. The first-order valence-corrected chi connectivity index (χ1v) is 10.3. The van der Waals surface area contributed by atoms with E-state index in [4.69, 9.17) is 0 Å². The third kappa shape index (κ3) is 3.81. The van der Waals surface area contributed by atoms with E-state index in [9.17, 15) is 9.50 Å². The third-order valence-electron chi connectivity index (χ3n) is 5.64. The third-order valence-corrected chi connectivity index (χ3v) is 5.64. The molecule has 1 aliphatic heterocycles. The number of rotatable bonds is 5.